The van der Waals surface area contributed by atoms with Crippen LogP contribution < -0.4 is 5.32 Å². The molecule has 6 nitrogen and oxygen atoms in total. The van der Waals surface area contributed by atoms with E-state index in [1.807, 2.05) is 11.4 Å². The Labute approximate surface area is 146 Å². The zero-order valence-corrected chi connectivity index (χ0v) is 15.0. The third kappa shape index (κ3) is 4.30. The average molecular weight is 369 g/mol. The highest BCUT2D eigenvalue weighted by Crippen LogP contribution is 2.30. The average Bonchev–Trinajstić information content (AvgIpc) is 3.19. The lowest BCUT2D eigenvalue weighted by molar-refractivity contribution is -0.137. The number of carbonyl (C=O) groups is 2. The van der Waals surface area contributed by atoms with Gasteiger partial charge in [0, 0.05) is 36.6 Å². The lowest BCUT2D eigenvalue weighted by atomic mass is 9.96. The molecule has 1 unspecified atom stereocenters. The molecule has 0 aromatic carbocycles. The van der Waals surface area contributed by atoms with E-state index in [4.69, 9.17) is 0 Å². The number of thioether (sulfide) groups is 1. The molecule has 9 heteroatoms. The summed E-state index contributed by atoms with van der Waals surface area (Å²) < 4.78 is 0.827. The Morgan fingerprint density at radius 2 is 2.39 bits per heavy atom. The standard InChI is InChI=1S/C14H16N4O2S3/c1-18-5-4-9(7-11(18)19)12(20)15-13-16-17-14(23-13)22-8-10-3-2-6-21-10/h2-3,6,9H,4-5,7-8H2,1H3,(H,15,16,20). The molecule has 2 amide bonds. The van der Waals surface area contributed by atoms with E-state index in [0.29, 0.717) is 18.1 Å². The summed E-state index contributed by atoms with van der Waals surface area (Å²) in [5.74, 6) is 0.451. The van der Waals surface area contributed by atoms with Crippen molar-refractivity contribution < 1.29 is 9.59 Å². The van der Waals surface area contributed by atoms with Gasteiger partial charge in [-0.1, -0.05) is 29.2 Å². The number of nitrogens with one attached hydrogen (secondary N) is 1. The molecule has 0 spiro atoms. The zero-order chi connectivity index (χ0) is 16.2. The van der Waals surface area contributed by atoms with Crippen LogP contribution in [0.25, 0.3) is 0 Å². The highest BCUT2D eigenvalue weighted by Gasteiger charge is 2.29. The first-order chi connectivity index (χ1) is 11.1. The minimum absolute atomic E-state index is 0.0147. The van der Waals surface area contributed by atoms with Crippen molar-refractivity contribution in [3.05, 3.63) is 22.4 Å². The smallest absolute Gasteiger partial charge is 0.229 e. The van der Waals surface area contributed by atoms with Gasteiger partial charge in [0.2, 0.25) is 16.9 Å². The van der Waals surface area contributed by atoms with Crippen LogP contribution in [0.2, 0.25) is 0 Å². The molecule has 23 heavy (non-hydrogen) atoms. The summed E-state index contributed by atoms with van der Waals surface area (Å²) in [4.78, 5) is 26.8. The molecule has 1 fully saturated rings. The Balaban J connectivity index is 1.52. The Kier molecular flexibility index (Phi) is 5.29. The molecule has 1 aliphatic heterocycles. The van der Waals surface area contributed by atoms with Crippen molar-refractivity contribution in [2.45, 2.75) is 22.9 Å². The number of hydrogen-bond acceptors (Lipinski definition) is 7. The summed E-state index contributed by atoms with van der Waals surface area (Å²) in [5.41, 5.74) is 0. The number of piperidine rings is 1. The van der Waals surface area contributed by atoms with Gasteiger partial charge in [0.15, 0.2) is 4.34 Å². The topological polar surface area (TPSA) is 75.2 Å². The van der Waals surface area contributed by atoms with Gasteiger partial charge in [-0.15, -0.1) is 21.5 Å². The lowest BCUT2D eigenvalue weighted by Crippen LogP contribution is -2.39. The van der Waals surface area contributed by atoms with Gasteiger partial charge in [-0.05, 0) is 17.9 Å². The number of hydrogen-bond donors (Lipinski definition) is 1. The highest BCUT2D eigenvalue weighted by atomic mass is 32.2. The van der Waals surface area contributed by atoms with E-state index in [0.717, 1.165) is 10.1 Å². The maximum atomic E-state index is 12.2. The van der Waals surface area contributed by atoms with Crippen LogP contribution in [-0.4, -0.2) is 40.5 Å². The van der Waals surface area contributed by atoms with Gasteiger partial charge in [-0.2, -0.15) is 0 Å². The predicted molar refractivity (Wildman–Crippen MR) is 92.8 cm³/mol. The lowest BCUT2D eigenvalue weighted by Gasteiger charge is -2.27. The molecule has 0 radical (unpaired) electrons. The molecule has 0 aliphatic carbocycles. The number of carbonyl (C=O) groups excluding carboxylic acids is 2. The summed E-state index contributed by atoms with van der Waals surface area (Å²) >= 11 is 4.68. The maximum absolute atomic E-state index is 12.2. The molecule has 1 atom stereocenters. The van der Waals surface area contributed by atoms with Crippen LogP contribution in [0.4, 0.5) is 5.13 Å². The van der Waals surface area contributed by atoms with Gasteiger partial charge in [0.1, 0.15) is 0 Å². The van der Waals surface area contributed by atoms with Crippen molar-refractivity contribution in [2.24, 2.45) is 5.92 Å². The fourth-order valence-corrected chi connectivity index (χ4v) is 4.75. The van der Waals surface area contributed by atoms with Gasteiger partial charge in [-0.3, -0.25) is 9.59 Å². The van der Waals surface area contributed by atoms with Gasteiger partial charge in [-0.25, -0.2) is 0 Å². The summed E-state index contributed by atoms with van der Waals surface area (Å²) in [7, 11) is 1.76. The second kappa shape index (κ2) is 7.41. The van der Waals surface area contributed by atoms with Crippen molar-refractivity contribution in [2.75, 3.05) is 18.9 Å². The highest BCUT2D eigenvalue weighted by molar-refractivity contribution is 8.00. The number of amides is 2. The van der Waals surface area contributed by atoms with E-state index in [9.17, 15) is 9.59 Å². The van der Waals surface area contributed by atoms with Gasteiger partial charge < -0.3 is 10.2 Å². The summed E-state index contributed by atoms with van der Waals surface area (Å²) in [5, 5.41) is 13.4. The molecule has 1 N–H and O–H groups in total. The number of likely N-dealkylation sites (tertiary alicyclic amines) is 1. The molecular formula is C14H16N4O2S3. The zero-order valence-electron chi connectivity index (χ0n) is 12.5. The molecule has 2 aromatic heterocycles. The van der Waals surface area contributed by atoms with Crippen molar-refractivity contribution in [3.8, 4) is 0 Å². The van der Waals surface area contributed by atoms with Crippen molar-refractivity contribution in [1.29, 1.82) is 0 Å². The molecule has 122 valence electrons. The Hall–Kier alpha value is -1.45. The second-order valence-corrected chi connectivity index (χ2v) is 8.47. The quantitative estimate of drug-likeness (QED) is 0.649. The molecule has 0 saturated carbocycles. The van der Waals surface area contributed by atoms with Crippen molar-refractivity contribution in [1.82, 2.24) is 15.1 Å². The Morgan fingerprint density at radius 1 is 1.52 bits per heavy atom. The predicted octanol–water partition coefficient (Wildman–Crippen LogP) is 2.70. The minimum Gasteiger partial charge on any atom is -0.346 e. The summed E-state index contributed by atoms with van der Waals surface area (Å²) in [6, 6.07) is 4.10. The van der Waals surface area contributed by atoms with Crippen LogP contribution in [0.3, 0.4) is 0 Å². The van der Waals surface area contributed by atoms with E-state index in [2.05, 4.69) is 21.6 Å². The minimum atomic E-state index is -0.273. The number of anilines is 1. The van der Waals surface area contributed by atoms with Crippen LogP contribution in [0.5, 0.6) is 0 Å². The summed E-state index contributed by atoms with van der Waals surface area (Å²) in [6.07, 6.45) is 0.952. The number of nitrogens with zero attached hydrogens (tertiary/aromatic N) is 3. The molecule has 2 aromatic rings. The Bertz CT molecular complexity index is 686. The largest absolute Gasteiger partial charge is 0.346 e. The summed E-state index contributed by atoms with van der Waals surface area (Å²) in [6.45, 7) is 0.620. The normalized spacial score (nSPS) is 18.2. The SMILES string of the molecule is CN1CCC(C(=O)Nc2nnc(SCc3cccs3)s2)CC1=O. The van der Waals surface area contributed by atoms with Crippen LogP contribution in [0.1, 0.15) is 17.7 Å². The Morgan fingerprint density at radius 3 is 3.13 bits per heavy atom. The van der Waals surface area contributed by atoms with E-state index in [1.165, 1.54) is 16.2 Å². The van der Waals surface area contributed by atoms with E-state index in [1.54, 1.807) is 35.0 Å². The molecule has 1 aliphatic rings. The molecule has 3 heterocycles. The molecular weight excluding hydrogens is 352 g/mol. The number of aromatic nitrogens is 2. The first kappa shape index (κ1) is 16.4. The second-order valence-electron chi connectivity index (χ2n) is 5.24. The molecule has 0 bridgehead atoms. The van der Waals surface area contributed by atoms with Crippen molar-refractivity contribution in [3.63, 3.8) is 0 Å². The fraction of sp³-hybridized carbons (Fsp3) is 0.429. The monoisotopic (exact) mass is 368 g/mol. The fourth-order valence-electron chi connectivity index (χ4n) is 2.22. The van der Waals surface area contributed by atoms with E-state index >= 15 is 0 Å². The van der Waals surface area contributed by atoms with Gasteiger partial charge in [0.25, 0.3) is 0 Å². The first-order valence-electron chi connectivity index (χ1n) is 7.15. The van der Waals surface area contributed by atoms with Crippen LogP contribution in [0, 0.1) is 5.92 Å². The number of rotatable bonds is 5. The van der Waals surface area contributed by atoms with Crippen LogP contribution in [-0.2, 0) is 15.3 Å². The van der Waals surface area contributed by atoms with E-state index in [-0.39, 0.29) is 24.2 Å². The van der Waals surface area contributed by atoms with E-state index < -0.39 is 0 Å². The van der Waals surface area contributed by atoms with Gasteiger partial charge >= 0.3 is 0 Å². The molecule has 1 saturated heterocycles. The van der Waals surface area contributed by atoms with Crippen LogP contribution >= 0.6 is 34.4 Å². The van der Waals surface area contributed by atoms with Gasteiger partial charge in [0.05, 0.1) is 0 Å². The van der Waals surface area contributed by atoms with Crippen molar-refractivity contribution >= 4 is 51.4 Å². The first-order valence-corrected chi connectivity index (χ1v) is 9.83. The third-order valence-electron chi connectivity index (χ3n) is 3.59. The maximum Gasteiger partial charge on any atom is 0.229 e. The number of thiophene rings is 1. The third-order valence-corrected chi connectivity index (χ3v) is 6.67. The van der Waals surface area contributed by atoms with Crippen LogP contribution in [0.15, 0.2) is 21.9 Å². The molecule has 3 rings (SSSR count).